The summed E-state index contributed by atoms with van der Waals surface area (Å²) in [4.78, 5) is 0. The number of benzene rings is 3. The van der Waals surface area contributed by atoms with Crippen LogP contribution in [0.2, 0.25) is 5.02 Å². The molecule has 1 aromatic heterocycles. The maximum absolute atomic E-state index is 6.01. The number of nitrogens with one attached hydrogen (secondary N) is 1. The van der Waals surface area contributed by atoms with Crippen LogP contribution in [0.1, 0.15) is 17.5 Å². The van der Waals surface area contributed by atoms with Gasteiger partial charge in [-0.2, -0.15) is 4.68 Å². The summed E-state index contributed by atoms with van der Waals surface area (Å²) in [5.74, 6) is 1.79. The molecule has 0 saturated heterocycles. The van der Waals surface area contributed by atoms with Gasteiger partial charge in [0.2, 0.25) is 5.16 Å². The van der Waals surface area contributed by atoms with E-state index in [0.29, 0.717) is 6.61 Å². The molecule has 8 heteroatoms. The fraction of sp³-hybridized carbons (Fsp3) is 0.208. The number of nitrogens with zero attached hydrogens (tertiary/aromatic N) is 4. The van der Waals surface area contributed by atoms with Crippen molar-refractivity contribution in [1.29, 1.82) is 0 Å². The lowest BCUT2D eigenvalue weighted by Gasteiger charge is -2.09. The Bertz CT molecular complexity index is 1100. The average molecular weight is 466 g/mol. The Labute approximate surface area is 197 Å². The van der Waals surface area contributed by atoms with Crippen molar-refractivity contribution < 1.29 is 4.74 Å². The molecule has 164 valence electrons. The zero-order valence-corrected chi connectivity index (χ0v) is 19.1. The molecule has 1 heterocycles. The van der Waals surface area contributed by atoms with Crippen molar-refractivity contribution in [1.82, 2.24) is 25.5 Å². The smallest absolute Gasteiger partial charge is 0.214 e. The van der Waals surface area contributed by atoms with Crippen LogP contribution in [0.3, 0.4) is 0 Å². The van der Waals surface area contributed by atoms with Gasteiger partial charge < -0.3 is 10.1 Å². The molecule has 1 N–H and O–H groups in total. The molecule has 0 bridgehead atoms. The number of rotatable bonds is 11. The predicted octanol–water partition coefficient (Wildman–Crippen LogP) is 5.17. The summed E-state index contributed by atoms with van der Waals surface area (Å²) >= 11 is 7.68. The second kappa shape index (κ2) is 11.7. The topological polar surface area (TPSA) is 64.9 Å². The molecule has 4 rings (SSSR count). The van der Waals surface area contributed by atoms with Crippen molar-refractivity contribution in [2.24, 2.45) is 0 Å². The van der Waals surface area contributed by atoms with E-state index in [4.69, 9.17) is 16.3 Å². The second-order valence-corrected chi connectivity index (χ2v) is 8.65. The normalized spacial score (nSPS) is 10.9. The van der Waals surface area contributed by atoms with Crippen LogP contribution in [0.4, 0.5) is 0 Å². The zero-order valence-electron chi connectivity index (χ0n) is 17.5. The summed E-state index contributed by atoms with van der Waals surface area (Å²) in [7, 11) is 0. The Hall–Kier alpha value is -2.87. The Morgan fingerprint density at radius 1 is 0.938 bits per heavy atom. The van der Waals surface area contributed by atoms with E-state index in [1.165, 1.54) is 5.56 Å². The van der Waals surface area contributed by atoms with E-state index in [2.05, 4.69) is 33.0 Å². The number of hydrogen-bond acceptors (Lipinski definition) is 6. The quantitative estimate of drug-likeness (QED) is 0.243. The molecule has 0 saturated carbocycles. The van der Waals surface area contributed by atoms with Crippen molar-refractivity contribution in [2.45, 2.75) is 24.7 Å². The van der Waals surface area contributed by atoms with E-state index in [1.54, 1.807) is 16.4 Å². The number of hydrogen-bond donors (Lipinski definition) is 1. The van der Waals surface area contributed by atoms with Gasteiger partial charge in [-0.05, 0) is 70.9 Å². The number of ether oxygens (including phenoxy) is 1. The van der Waals surface area contributed by atoms with Crippen molar-refractivity contribution in [3.05, 3.63) is 95.0 Å². The van der Waals surface area contributed by atoms with Crippen LogP contribution < -0.4 is 10.1 Å². The van der Waals surface area contributed by atoms with Crippen LogP contribution in [0.15, 0.2) is 84.0 Å². The Kier molecular flexibility index (Phi) is 8.14. The average Bonchev–Trinajstić information content (AvgIpc) is 3.30. The van der Waals surface area contributed by atoms with Gasteiger partial charge in [0, 0.05) is 17.3 Å². The molecule has 3 aromatic carbocycles. The van der Waals surface area contributed by atoms with Gasteiger partial charge in [0.25, 0.3) is 0 Å². The second-order valence-electron chi connectivity index (χ2n) is 7.15. The molecule has 6 nitrogen and oxygen atoms in total. The van der Waals surface area contributed by atoms with E-state index in [0.717, 1.165) is 52.4 Å². The first-order valence-electron chi connectivity index (χ1n) is 10.4. The standard InChI is InChI=1S/C24H24ClN5OS/c25-21-7-4-6-20(16-21)18-31-23-12-10-19(11-13-23)17-26-14-5-15-32-24-27-28-29-30(24)22-8-2-1-3-9-22/h1-4,6-13,16,26H,5,14-15,17-18H2. The Morgan fingerprint density at radius 3 is 2.59 bits per heavy atom. The Balaban J connectivity index is 1.14. The summed E-state index contributed by atoms with van der Waals surface area (Å²) < 4.78 is 7.61. The Morgan fingerprint density at radius 2 is 1.78 bits per heavy atom. The maximum Gasteiger partial charge on any atom is 0.214 e. The summed E-state index contributed by atoms with van der Waals surface area (Å²) in [6, 6.07) is 25.8. The monoisotopic (exact) mass is 465 g/mol. The predicted molar refractivity (Wildman–Crippen MR) is 128 cm³/mol. The molecular weight excluding hydrogens is 442 g/mol. The third kappa shape index (κ3) is 6.56. The van der Waals surface area contributed by atoms with Gasteiger partial charge in [-0.25, -0.2) is 0 Å². The van der Waals surface area contributed by atoms with Crippen LogP contribution in [0, 0.1) is 0 Å². The molecule has 0 spiro atoms. The number of aromatic nitrogens is 4. The van der Waals surface area contributed by atoms with Crippen LogP contribution in [-0.4, -0.2) is 32.5 Å². The third-order valence-corrected chi connectivity index (χ3v) is 5.96. The van der Waals surface area contributed by atoms with Gasteiger partial charge in [0.05, 0.1) is 5.69 Å². The van der Waals surface area contributed by atoms with Gasteiger partial charge in [-0.15, -0.1) is 5.10 Å². The van der Waals surface area contributed by atoms with Crippen molar-refractivity contribution in [2.75, 3.05) is 12.3 Å². The first-order valence-corrected chi connectivity index (χ1v) is 11.8. The number of halogens is 1. The minimum Gasteiger partial charge on any atom is -0.489 e. The highest BCUT2D eigenvalue weighted by atomic mass is 35.5. The van der Waals surface area contributed by atoms with E-state index < -0.39 is 0 Å². The molecule has 0 radical (unpaired) electrons. The lowest BCUT2D eigenvalue weighted by atomic mass is 10.2. The fourth-order valence-electron chi connectivity index (χ4n) is 3.09. The van der Waals surface area contributed by atoms with Crippen molar-refractivity contribution >= 4 is 23.4 Å². The lowest BCUT2D eigenvalue weighted by molar-refractivity contribution is 0.306. The molecular formula is C24H24ClN5OS. The molecule has 0 aliphatic carbocycles. The van der Waals surface area contributed by atoms with Gasteiger partial charge in [-0.1, -0.05) is 65.8 Å². The van der Waals surface area contributed by atoms with Crippen LogP contribution in [0.25, 0.3) is 5.69 Å². The number of para-hydroxylation sites is 1. The SMILES string of the molecule is Clc1cccc(COc2ccc(CNCCCSc3nnnn3-c3ccccc3)cc2)c1. The van der Waals surface area contributed by atoms with E-state index in [1.807, 2.05) is 66.7 Å². The molecule has 0 aliphatic rings. The van der Waals surface area contributed by atoms with Crippen LogP contribution in [0.5, 0.6) is 5.75 Å². The van der Waals surface area contributed by atoms with E-state index in [9.17, 15) is 0 Å². The minimum absolute atomic E-state index is 0.503. The van der Waals surface area contributed by atoms with Crippen molar-refractivity contribution in [3.8, 4) is 11.4 Å². The highest BCUT2D eigenvalue weighted by molar-refractivity contribution is 7.99. The molecule has 0 amide bonds. The molecule has 0 aliphatic heterocycles. The first-order chi connectivity index (χ1) is 15.8. The van der Waals surface area contributed by atoms with Crippen LogP contribution >= 0.6 is 23.4 Å². The third-order valence-electron chi connectivity index (χ3n) is 4.72. The minimum atomic E-state index is 0.503. The van der Waals surface area contributed by atoms with Gasteiger partial charge in [0.1, 0.15) is 12.4 Å². The van der Waals surface area contributed by atoms with Crippen molar-refractivity contribution in [3.63, 3.8) is 0 Å². The molecule has 4 aromatic rings. The summed E-state index contributed by atoms with van der Waals surface area (Å²) in [6.45, 7) is 2.25. The lowest BCUT2D eigenvalue weighted by Crippen LogP contribution is -2.15. The number of tetrazole rings is 1. The number of thioether (sulfide) groups is 1. The highest BCUT2D eigenvalue weighted by Gasteiger charge is 2.08. The first kappa shape index (κ1) is 22.3. The molecule has 32 heavy (non-hydrogen) atoms. The van der Waals surface area contributed by atoms with E-state index in [-0.39, 0.29) is 0 Å². The van der Waals surface area contributed by atoms with Gasteiger partial charge in [-0.3, -0.25) is 0 Å². The molecule has 0 unspecified atom stereocenters. The molecule has 0 fully saturated rings. The largest absolute Gasteiger partial charge is 0.489 e. The highest BCUT2D eigenvalue weighted by Crippen LogP contribution is 2.19. The summed E-state index contributed by atoms with van der Waals surface area (Å²) in [5, 5.41) is 17.0. The maximum atomic E-state index is 6.01. The van der Waals surface area contributed by atoms with Gasteiger partial charge >= 0.3 is 0 Å². The fourth-order valence-corrected chi connectivity index (χ4v) is 4.13. The summed E-state index contributed by atoms with van der Waals surface area (Å²) in [6.07, 6.45) is 1.02. The zero-order chi connectivity index (χ0) is 22.0. The summed E-state index contributed by atoms with van der Waals surface area (Å²) in [5.41, 5.74) is 3.25. The van der Waals surface area contributed by atoms with E-state index >= 15 is 0 Å². The van der Waals surface area contributed by atoms with Crippen LogP contribution in [-0.2, 0) is 13.2 Å². The van der Waals surface area contributed by atoms with Gasteiger partial charge in [0.15, 0.2) is 0 Å². The molecule has 0 atom stereocenters.